The molecule has 1 aromatic heterocycles. The van der Waals surface area contributed by atoms with Gasteiger partial charge < -0.3 is 5.32 Å². The standard InChI is InChI=1S/C20H23FN4O2S/c21-16-5-3-14(4-6-16)9-25-10-17-18(11-25)28(26,27)12-15-8-23-20(24-19(15)17)22-7-13-1-2-13/h3-6,8,13,17-18H,1-2,7,9-12H2,(H,22,23,24)/t17-,18+/m1/s1. The number of sulfone groups is 1. The number of halogens is 1. The Hall–Kier alpha value is -2.06. The number of rotatable bonds is 5. The first-order valence-electron chi connectivity index (χ1n) is 9.76. The van der Waals surface area contributed by atoms with E-state index in [0.717, 1.165) is 23.4 Å². The van der Waals surface area contributed by atoms with Crippen LogP contribution in [0.5, 0.6) is 0 Å². The lowest BCUT2D eigenvalue weighted by atomic mass is 10.00. The van der Waals surface area contributed by atoms with Crippen molar-refractivity contribution in [2.24, 2.45) is 5.92 Å². The third kappa shape index (κ3) is 3.51. The van der Waals surface area contributed by atoms with Crippen LogP contribution in [-0.2, 0) is 22.1 Å². The summed E-state index contributed by atoms with van der Waals surface area (Å²) in [4.78, 5) is 11.2. The molecule has 2 atom stereocenters. The second-order valence-electron chi connectivity index (χ2n) is 8.20. The highest BCUT2D eigenvalue weighted by Gasteiger charge is 2.47. The number of hydrogen-bond acceptors (Lipinski definition) is 6. The summed E-state index contributed by atoms with van der Waals surface area (Å²) in [6.07, 6.45) is 4.17. The average Bonchev–Trinajstić information content (AvgIpc) is 3.39. The molecule has 8 heteroatoms. The van der Waals surface area contributed by atoms with Crippen molar-refractivity contribution in [2.45, 2.75) is 36.3 Å². The smallest absolute Gasteiger partial charge is 0.222 e. The van der Waals surface area contributed by atoms with Crippen molar-refractivity contribution < 1.29 is 12.8 Å². The first-order valence-corrected chi connectivity index (χ1v) is 11.5. The molecule has 1 saturated carbocycles. The molecule has 1 saturated heterocycles. The van der Waals surface area contributed by atoms with Crippen molar-refractivity contribution in [3.8, 4) is 0 Å². The zero-order valence-corrected chi connectivity index (χ0v) is 16.3. The topological polar surface area (TPSA) is 75.2 Å². The van der Waals surface area contributed by atoms with E-state index >= 15 is 0 Å². The van der Waals surface area contributed by atoms with E-state index in [9.17, 15) is 12.8 Å². The molecule has 28 heavy (non-hydrogen) atoms. The maximum Gasteiger partial charge on any atom is 0.222 e. The average molecular weight is 402 g/mol. The van der Waals surface area contributed by atoms with Gasteiger partial charge in [0.1, 0.15) is 5.82 Å². The third-order valence-electron chi connectivity index (χ3n) is 5.97. The van der Waals surface area contributed by atoms with Crippen LogP contribution in [0.3, 0.4) is 0 Å². The summed E-state index contributed by atoms with van der Waals surface area (Å²) in [5, 5.41) is 2.85. The minimum atomic E-state index is -3.24. The Bertz CT molecular complexity index is 992. The zero-order valence-electron chi connectivity index (χ0n) is 15.5. The summed E-state index contributed by atoms with van der Waals surface area (Å²) in [5.74, 6) is 0.916. The fourth-order valence-corrected chi connectivity index (χ4v) is 6.30. The lowest BCUT2D eigenvalue weighted by Gasteiger charge is -2.26. The van der Waals surface area contributed by atoms with Gasteiger partial charge in [-0.15, -0.1) is 0 Å². The first-order chi connectivity index (χ1) is 13.5. The van der Waals surface area contributed by atoms with Crippen LogP contribution < -0.4 is 5.32 Å². The van der Waals surface area contributed by atoms with Crippen LogP contribution in [0.1, 0.15) is 35.6 Å². The predicted molar refractivity (Wildman–Crippen MR) is 104 cm³/mol. The fraction of sp³-hybridized carbons (Fsp3) is 0.500. The summed E-state index contributed by atoms with van der Waals surface area (Å²) in [5.41, 5.74) is 2.57. The molecule has 0 spiro atoms. The Kier molecular flexibility index (Phi) is 4.35. The van der Waals surface area contributed by atoms with Crippen molar-refractivity contribution in [1.29, 1.82) is 0 Å². The van der Waals surface area contributed by atoms with Crippen LogP contribution in [0.4, 0.5) is 10.3 Å². The van der Waals surface area contributed by atoms with Crippen molar-refractivity contribution >= 4 is 15.8 Å². The summed E-state index contributed by atoms with van der Waals surface area (Å²) >= 11 is 0. The molecule has 0 radical (unpaired) electrons. The van der Waals surface area contributed by atoms with E-state index < -0.39 is 15.1 Å². The highest BCUT2D eigenvalue weighted by atomic mass is 32.2. The van der Waals surface area contributed by atoms with Gasteiger partial charge in [0.25, 0.3) is 0 Å². The second kappa shape index (κ2) is 6.77. The van der Waals surface area contributed by atoms with Gasteiger partial charge in [-0.3, -0.25) is 4.90 Å². The van der Waals surface area contributed by atoms with Crippen LogP contribution in [0, 0.1) is 11.7 Å². The van der Waals surface area contributed by atoms with Gasteiger partial charge in [0.15, 0.2) is 9.84 Å². The van der Waals surface area contributed by atoms with Gasteiger partial charge in [-0.1, -0.05) is 12.1 Å². The number of hydrogen-bond donors (Lipinski definition) is 1. The van der Waals surface area contributed by atoms with Crippen molar-refractivity contribution in [3.05, 3.63) is 53.1 Å². The molecule has 3 aliphatic rings. The molecule has 2 aliphatic heterocycles. The lowest BCUT2D eigenvalue weighted by Crippen LogP contribution is -2.35. The van der Waals surface area contributed by atoms with E-state index in [2.05, 4.69) is 15.2 Å². The number of nitrogens with one attached hydrogen (secondary N) is 1. The van der Waals surface area contributed by atoms with Crippen LogP contribution in [-0.4, -0.2) is 48.2 Å². The lowest BCUT2D eigenvalue weighted by molar-refractivity contribution is 0.326. The van der Waals surface area contributed by atoms with Gasteiger partial charge in [-0.25, -0.2) is 22.8 Å². The maximum absolute atomic E-state index is 13.2. The molecular formula is C20H23FN4O2S. The molecule has 1 N–H and O–H groups in total. The summed E-state index contributed by atoms with van der Waals surface area (Å²) in [6, 6.07) is 6.38. The Morgan fingerprint density at radius 3 is 2.71 bits per heavy atom. The first kappa shape index (κ1) is 18.0. The van der Waals surface area contributed by atoms with E-state index in [1.807, 2.05) is 0 Å². The molecule has 2 aromatic rings. The number of benzene rings is 1. The van der Waals surface area contributed by atoms with Gasteiger partial charge in [0.05, 0.1) is 16.7 Å². The van der Waals surface area contributed by atoms with Crippen LogP contribution in [0.2, 0.25) is 0 Å². The van der Waals surface area contributed by atoms with E-state index in [4.69, 9.17) is 4.98 Å². The number of fused-ring (bicyclic) bond motifs is 3. The molecule has 6 nitrogen and oxygen atoms in total. The predicted octanol–water partition coefficient (Wildman–Crippen LogP) is 2.33. The van der Waals surface area contributed by atoms with E-state index in [0.29, 0.717) is 31.5 Å². The maximum atomic E-state index is 13.2. The van der Waals surface area contributed by atoms with Crippen molar-refractivity contribution in [1.82, 2.24) is 14.9 Å². The van der Waals surface area contributed by atoms with Crippen molar-refractivity contribution in [2.75, 3.05) is 25.0 Å². The van der Waals surface area contributed by atoms with Gasteiger partial charge in [0.2, 0.25) is 5.95 Å². The second-order valence-corrected chi connectivity index (χ2v) is 10.4. The Morgan fingerprint density at radius 2 is 1.96 bits per heavy atom. The molecule has 5 rings (SSSR count). The minimum Gasteiger partial charge on any atom is -0.354 e. The van der Waals surface area contributed by atoms with E-state index in [1.165, 1.54) is 25.0 Å². The number of aromatic nitrogens is 2. The van der Waals surface area contributed by atoms with Gasteiger partial charge in [-0.05, 0) is 36.5 Å². The third-order valence-corrected chi connectivity index (χ3v) is 8.09. The monoisotopic (exact) mass is 402 g/mol. The summed E-state index contributed by atoms with van der Waals surface area (Å²) in [6.45, 7) is 2.60. The van der Waals surface area contributed by atoms with E-state index in [1.54, 1.807) is 18.3 Å². The zero-order chi connectivity index (χ0) is 19.3. The van der Waals surface area contributed by atoms with Crippen molar-refractivity contribution in [3.63, 3.8) is 0 Å². The van der Waals surface area contributed by atoms with Crippen LogP contribution >= 0.6 is 0 Å². The summed E-state index contributed by atoms with van der Waals surface area (Å²) < 4.78 is 38.8. The Balaban J connectivity index is 1.39. The highest BCUT2D eigenvalue weighted by Crippen LogP contribution is 2.40. The van der Waals surface area contributed by atoms with Gasteiger partial charge in [0, 0.05) is 43.9 Å². The Morgan fingerprint density at radius 1 is 1.18 bits per heavy atom. The molecule has 1 aromatic carbocycles. The Labute approximate surface area is 164 Å². The minimum absolute atomic E-state index is 0.0107. The molecule has 1 aliphatic carbocycles. The molecule has 0 amide bonds. The van der Waals surface area contributed by atoms with Gasteiger partial charge in [-0.2, -0.15) is 0 Å². The van der Waals surface area contributed by atoms with E-state index in [-0.39, 0.29) is 17.5 Å². The molecular weight excluding hydrogens is 379 g/mol. The fourth-order valence-electron chi connectivity index (χ4n) is 4.27. The van der Waals surface area contributed by atoms with Crippen LogP contribution in [0.15, 0.2) is 30.5 Å². The molecule has 0 unspecified atom stereocenters. The number of nitrogens with zero attached hydrogens (tertiary/aromatic N) is 3. The van der Waals surface area contributed by atoms with Crippen LogP contribution in [0.25, 0.3) is 0 Å². The number of anilines is 1. The quantitative estimate of drug-likeness (QED) is 0.827. The molecule has 0 bridgehead atoms. The number of likely N-dealkylation sites (tertiary alicyclic amines) is 1. The molecule has 148 valence electrons. The largest absolute Gasteiger partial charge is 0.354 e. The molecule has 3 heterocycles. The molecule has 2 fully saturated rings. The highest BCUT2D eigenvalue weighted by molar-refractivity contribution is 7.91. The normalized spacial score (nSPS) is 25.9. The summed E-state index contributed by atoms with van der Waals surface area (Å²) in [7, 11) is -3.24. The van der Waals surface area contributed by atoms with Gasteiger partial charge >= 0.3 is 0 Å². The SMILES string of the molecule is O=S1(=O)Cc2cnc(NCC3CC3)nc2[C@@H]2CN(Cc3ccc(F)cc3)C[C@@H]21.